The molecule has 0 radical (unpaired) electrons. The van der Waals surface area contributed by atoms with Crippen LogP contribution in [0.5, 0.6) is 0 Å². The first-order valence-electron chi connectivity index (χ1n) is 5.35. The van der Waals surface area contributed by atoms with E-state index in [1.807, 2.05) is 0 Å². The van der Waals surface area contributed by atoms with Crippen LogP contribution in [-0.4, -0.2) is 18.8 Å². The van der Waals surface area contributed by atoms with Crippen molar-refractivity contribution in [2.75, 3.05) is 23.7 Å². The fraction of sp³-hybridized carbons (Fsp3) is 0.385. The Balaban J connectivity index is 2.69. The van der Waals surface area contributed by atoms with Crippen LogP contribution in [0.15, 0.2) is 36.4 Å². The fourth-order valence-electron chi connectivity index (χ4n) is 1.52. The van der Waals surface area contributed by atoms with Gasteiger partial charge in [-0.3, -0.25) is 0 Å². The third-order valence-electron chi connectivity index (χ3n) is 2.35. The maximum atomic E-state index is 4.15. The largest absolute Gasteiger partial charge is 0.368 e. The molecule has 0 aromatic heterocycles. The Bertz CT molecular complexity index is 320. The molecule has 0 aliphatic heterocycles. The highest BCUT2D eigenvalue weighted by Crippen LogP contribution is 2.15. The highest BCUT2D eigenvalue weighted by molar-refractivity contribution is 7.80. The lowest BCUT2D eigenvalue weighted by molar-refractivity contribution is 0.904. The number of anilines is 1. The Kier molecular flexibility index (Phi) is 5.33. The van der Waals surface area contributed by atoms with E-state index < -0.39 is 0 Å². The molecule has 0 heterocycles. The zero-order valence-electron chi connectivity index (χ0n) is 9.48. The molecule has 0 N–H and O–H groups in total. The quantitative estimate of drug-likeness (QED) is 0.590. The van der Waals surface area contributed by atoms with Gasteiger partial charge in [0.25, 0.3) is 0 Å². The molecule has 15 heavy (non-hydrogen) atoms. The summed E-state index contributed by atoms with van der Waals surface area (Å²) in [6, 6.07) is 8.61. The van der Waals surface area contributed by atoms with Gasteiger partial charge in [0.15, 0.2) is 0 Å². The molecule has 0 unspecified atom stereocenters. The minimum atomic E-state index is 0.811. The third kappa shape index (κ3) is 4.00. The first-order valence-corrected chi connectivity index (χ1v) is 5.98. The summed E-state index contributed by atoms with van der Waals surface area (Å²) in [4.78, 5) is 2.34. The van der Waals surface area contributed by atoms with Gasteiger partial charge in [-0.2, -0.15) is 12.6 Å². The first-order chi connectivity index (χ1) is 7.27. The summed E-state index contributed by atoms with van der Waals surface area (Å²) < 4.78 is 0. The number of hydrogen-bond acceptors (Lipinski definition) is 2. The van der Waals surface area contributed by atoms with Gasteiger partial charge in [-0.05, 0) is 31.5 Å². The molecule has 82 valence electrons. The molecular formula is C13H19NS. The SMILES string of the molecule is CCN(CC=CCS)c1cccc(C)c1. The Morgan fingerprint density at radius 1 is 1.33 bits per heavy atom. The van der Waals surface area contributed by atoms with Gasteiger partial charge in [0.2, 0.25) is 0 Å². The van der Waals surface area contributed by atoms with Crippen LogP contribution in [0.4, 0.5) is 5.69 Å². The monoisotopic (exact) mass is 221 g/mol. The van der Waals surface area contributed by atoms with Crippen molar-refractivity contribution in [3.05, 3.63) is 42.0 Å². The average molecular weight is 221 g/mol. The van der Waals surface area contributed by atoms with E-state index in [-0.39, 0.29) is 0 Å². The normalized spacial score (nSPS) is 10.9. The van der Waals surface area contributed by atoms with Crippen molar-refractivity contribution in [3.8, 4) is 0 Å². The van der Waals surface area contributed by atoms with Crippen molar-refractivity contribution < 1.29 is 0 Å². The lowest BCUT2D eigenvalue weighted by Crippen LogP contribution is -2.22. The van der Waals surface area contributed by atoms with E-state index in [0.29, 0.717) is 0 Å². The Morgan fingerprint density at radius 3 is 2.73 bits per heavy atom. The number of benzene rings is 1. The van der Waals surface area contributed by atoms with E-state index in [0.717, 1.165) is 18.8 Å². The molecule has 1 aromatic rings. The van der Waals surface area contributed by atoms with Crippen molar-refractivity contribution in [2.45, 2.75) is 13.8 Å². The number of rotatable bonds is 5. The van der Waals surface area contributed by atoms with Crippen molar-refractivity contribution in [3.63, 3.8) is 0 Å². The fourth-order valence-corrected chi connectivity index (χ4v) is 1.67. The topological polar surface area (TPSA) is 3.24 Å². The molecule has 0 bridgehead atoms. The van der Waals surface area contributed by atoms with E-state index in [1.165, 1.54) is 11.3 Å². The van der Waals surface area contributed by atoms with Crippen molar-refractivity contribution in [1.82, 2.24) is 0 Å². The Morgan fingerprint density at radius 2 is 2.13 bits per heavy atom. The van der Waals surface area contributed by atoms with Crippen LogP contribution < -0.4 is 4.90 Å². The van der Waals surface area contributed by atoms with Gasteiger partial charge < -0.3 is 4.90 Å². The van der Waals surface area contributed by atoms with E-state index in [4.69, 9.17) is 0 Å². The zero-order chi connectivity index (χ0) is 11.1. The molecule has 0 saturated carbocycles. The van der Waals surface area contributed by atoms with Gasteiger partial charge in [0.05, 0.1) is 0 Å². The smallest absolute Gasteiger partial charge is 0.0371 e. The molecule has 0 aliphatic carbocycles. The molecule has 0 spiro atoms. The van der Waals surface area contributed by atoms with Gasteiger partial charge in [0.1, 0.15) is 0 Å². The number of aryl methyl sites for hydroxylation is 1. The predicted molar refractivity (Wildman–Crippen MR) is 72.1 cm³/mol. The summed E-state index contributed by atoms with van der Waals surface area (Å²) in [6.45, 7) is 6.29. The van der Waals surface area contributed by atoms with Crippen molar-refractivity contribution >= 4 is 18.3 Å². The van der Waals surface area contributed by atoms with E-state index >= 15 is 0 Å². The van der Waals surface area contributed by atoms with Gasteiger partial charge in [-0.1, -0.05) is 24.3 Å². The molecular weight excluding hydrogens is 202 g/mol. The summed E-state index contributed by atoms with van der Waals surface area (Å²) in [5.74, 6) is 0.811. The van der Waals surface area contributed by atoms with Crippen LogP contribution in [0.2, 0.25) is 0 Å². The van der Waals surface area contributed by atoms with E-state index in [1.54, 1.807) is 0 Å². The Hall–Kier alpha value is -0.890. The second-order valence-corrected chi connectivity index (χ2v) is 3.90. The molecule has 1 rings (SSSR count). The van der Waals surface area contributed by atoms with Crippen molar-refractivity contribution in [2.24, 2.45) is 0 Å². The molecule has 0 amide bonds. The van der Waals surface area contributed by atoms with Crippen LogP contribution in [-0.2, 0) is 0 Å². The number of nitrogens with zero attached hydrogens (tertiary/aromatic N) is 1. The zero-order valence-corrected chi connectivity index (χ0v) is 10.4. The predicted octanol–water partition coefficient (Wildman–Crippen LogP) is 3.31. The minimum absolute atomic E-state index is 0.811. The van der Waals surface area contributed by atoms with Gasteiger partial charge in [0, 0.05) is 24.5 Å². The molecule has 1 aromatic carbocycles. The molecule has 0 atom stereocenters. The van der Waals surface area contributed by atoms with Crippen LogP contribution in [0.3, 0.4) is 0 Å². The third-order valence-corrected chi connectivity index (χ3v) is 2.56. The lowest BCUT2D eigenvalue weighted by Gasteiger charge is -2.21. The van der Waals surface area contributed by atoms with E-state index in [9.17, 15) is 0 Å². The second-order valence-electron chi connectivity index (χ2n) is 3.53. The molecule has 0 saturated heterocycles. The summed E-state index contributed by atoms with van der Waals surface area (Å²) in [5.41, 5.74) is 2.60. The molecule has 2 heteroatoms. The van der Waals surface area contributed by atoms with Crippen LogP contribution >= 0.6 is 12.6 Å². The van der Waals surface area contributed by atoms with E-state index in [2.05, 4.69) is 67.8 Å². The number of thiol groups is 1. The van der Waals surface area contributed by atoms with Crippen LogP contribution in [0.1, 0.15) is 12.5 Å². The van der Waals surface area contributed by atoms with Gasteiger partial charge in [-0.15, -0.1) is 0 Å². The molecule has 0 aliphatic rings. The summed E-state index contributed by atoms with van der Waals surface area (Å²) in [7, 11) is 0. The summed E-state index contributed by atoms with van der Waals surface area (Å²) in [6.07, 6.45) is 4.25. The molecule has 0 fully saturated rings. The van der Waals surface area contributed by atoms with Crippen LogP contribution in [0, 0.1) is 6.92 Å². The standard InChI is InChI=1S/C13H19NS/c1-3-14(9-4-5-10-15)13-8-6-7-12(2)11-13/h4-8,11,15H,3,9-10H2,1-2H3. The van der Waals surface area contributed by atoms with Crippen molar-refractivity contribution in [1.29, 1.82) is 0 Å². The number of likely N-dealkylation sites (N-methyl/N-ethyl adjacent to an activating group) is 1. The van der Waals surface area contributed by atoms with Gasteiger partial charge >= 0.3 is 0 Å². The van der Waals surface area contributed by atoms with Gasteiger partial charge in [-0.25, -0.2) is 0 Å². The summed E-state index contributed by atoms with van der Waals surface area (Å²) >= 11 is 4.15. The maximum Gasteiger partial charge on any atom is 0.0371 e. The highest BCUT2D eigenvalue weighted by Gasteiger charge is 2.01. The summed E-state index contributed by atoms with van der Waals surface area (Å²) in [5, 5.41) is 0. The lowest BCUT2D eigenvalue weighted by atomic mass is 10.2. The second kappa shape index (κ2) is 6.57. The number of hydrogen-bond donors (Lipinski definition) is 1. The maximum absolute atomic E-state index is 4.15. The van der Waals surface area contributed by atoms with Crippen LogP contribution in [0.25, 0.3) is 0 Å². The minimum Gasteiger partial charge on any atom is -0.368 e. The Labute approximate surface area is 98.2 Å². The first kappa shape index (κ1) is 12.2. The highest BCUT2D eigenvalue weighted by atomic mass is 32.1. The average Bonchev–Trinajstić information content (AvgIpc) is 2.24. The molecule has 1 nitrogen and oxygen atoms in total.